The van der Waals surface area contributed by atoms with Crippen molar-refractivity contribution in [2.24, 2.45) is 0 Å². The summed E-state index contributed by atoms with van der Waals surface area (Å²) in [7, 11) is 3.03. The number of hydrogen-bond donors (Lipinski definition) is 2. The molecule has 24 heavy (non-hydrogen) atoms. The van der Waals surface area contributed by atoms with E-state index >= 15 is 0 Å². The molecule has 0 amide bonds. The van der Waals surface area contributed by atoms with E-state index in [1.54, 1.807) is 30.3 Å². The van der Waals surface area contributed by atoms with Crippen LogP contribution in [0.3, 0.4) is 0 Å². The van der Waals surface area contributed by atoms with Gasteiger partial charge < -0.3 is 24.4 Å². The van der Waals surface area contributed by atoms with Crippen molar-refractivity contribution in [3.8, 4) is 17.2 Å². The van der Waals surface area contributed by atoms with Gasteiger partial charge in [-0.25, -0.2) is 0 Å². The maximum Gasteiger partial charge on any atom is 0.161 e. The van der Waals surface area contributed by atoms with Crippen molar-refractivity contribution in [3.63, 3.8) is 0 Å². The monoisotopic (exact) mass is 372 g/mol. The van der Waals surface area contributed by atoms with Gasteiger partial charge in [0.2, 0.25) is 0 Å². The van der Waals surface area contributed by atoms with Gasteiger partial charge in [-0.3, -0.25) is 0 Å². The minimum Gasteiger partial charge on any atom is -0.493 e. The first-order valence-electron chi connectivity index (χ1n) is 7.12. The van der Waals surface area contributed by atoms with Gasteiger partial charge in [0, 0.05) is 5.02 Å². The lowest BCUT2D eigenvalue weighted by molar-refractivity contribution is 0.000723. The van der Waals surface area contributed by atoms with Gasteiger partial charge in [0.05, 0.1) is 25.8 Å². The highest BCUT2D eigenvalue weighted by Crippen LogP contribution is 2.33. The first-order valence-corrected chi connectivity index (χ1v) is 7.88. The molecule has 0 saturated heterocycles. The quantitative estimate of drug-likeness (QED) is 0.778. The van der Waals surface area contributed by atoms with Crippen LogP contribution in [0.15, 0.2) is 36.4 Å². The van der Waals surface area contributed by atoms with E-state index in [0.717, 1.165) is 0 Å². The molecule has 0 aromatic heterocycles. The fourth-order valence-corrected chi connectivity index (χ4v) is 2.64. The molecule has 7 heteroatoms. The highest BCUT2D eigenvalue weighted by atomic mass is 35.5. The highest BCUT2D eigenvalue weighted by Gasteiger charge is 2.24. The van der Waals surface area contributed by atoms with Crippen LogP contribution in [-0.4, -0.2) is 37.1 Å². The number of hydrogen-bond acceptors (Lipinski definition) is 5. The first kappa shape index (κ1) is 18.7. The highest BCUT2D eigenvalue weighted by molar-refractivity contribution is 6.35. The number of aliphatic hydroxyl groups is 2. The van der Waals surface area contributed by atoms with Crippen LogP contribution < -0.4 is 14.2 Å². The second-order valence-electron chi connectivity index (χ2n) is 4.97. The number of halogens is 2. The van der Waals surface area contributed by atoms with E-state index in [2.05, 4.69) is 0 Å². The predicted molar refractivity (Wildman–Crippen MR) is 92.5 cm³/mol. The molecule has 2 aromatic rings. The van der Waals surface area contributed by atoms with Gasteiger partial charge in [-0.05, 0) is 35.9 Å². The molecule has 0 spiro atoms. The standard InChI is InChI=1S/C17H18Cl2O5/c1-22-14-5-3-10(7-15(14)23-2)17(21)16(9-20)24-13-6-4-11(18)8-12(13)19/h3-8,16-17,20-21H,9H2,1-2H3. The Balaban J connectivity index is 2.23. The summed E-state index contributed by atoms with van der Waals surface area (Å²) in [6, 6.07) is 9.67. The van der Waals surface area contributed by atoms with Gasteiger partial charge in [0.1, 0.15) is 11.9 Å². The lowest BCUT2D eigenvalue weighted by atomic mass is 10.0. The molecule has 0 aliphatic heterocycles. The Bertz CT molecular complexity index is 693. The lowest BCUT2D eigenvalue weighted by Gasteiger charge is -2.24. The Morgan fingerprint density at radius 3 is 2.21 bits per heavy atom. The van der Waals surface area contributed by atoms with E-state index in [1.807, 2.05) is 0 Å². The molecule has 0 aliphatic rings. The van der Waals surface area contributed by atoms with Crippen molar-refractivity contribution in [1.82, 2.24) is 0 Å². The van der Waals surface area contributed by atoms with E-state index in [4.69, 9.17) is 37.4 Å². The zero-order valence-electron chi connectivity index (χ0n) is 13.2. The van der Waals surface area contributed by atoms with Crippen LogP contribution >= 0.6 is 23.2 Å². The Labute approximate surface area is 150 Å². The predicted octanol–water partition coefficient (Wildman–Crippen LogP) is 3.48. The Morgan fingerprint density at radius 2 is 1.62 bits per heavy atom. The summed E-state index contributed by atoms with van der Waals surface area (Å²) in [5.74, 6) is 1.32. The third kappa shape index (κ3) is 4.24. The summed E-state index contributed by atoms with van der Waals surface area (Å²) in [5.41, 5.74) is 0.511. The van der Waals surface area contributed by atoms with E-state index < -0.39 is 18.8 Å². The zero-order valence-corrected chi connectivity index (χ0v) is 14.7. The zero-order chi connectivity index (χ0) is 17.7. The maximum atomic E-state index is 10.5. The van der Waals surface area contributed by atoms with Gasteiger partial charge >= 0.3 is 0 Å². The van der Waals surface area contributed by atoms with Crippen molar-refractivity contribution in [2.45, 2.75) is 12.2 Å². The van der Waals surface area contributed by atoms with Crippen LogP contribution in [0.4, 0.5) is 0 Å². The number of ether oxygens (including phenoxy) is 3. The molecule has 2 atom stereocenters. The third-order valence-corrected chi connectivity index (χ3v) is 3.98. The SMILES string of the molecule is COc1ccc(C(O)C(CO)Oc2ccc(Cl)cc2Cl)cc1OC. The lowest BCUT2D eigenvalue weighted by Crippen LogP contribution is -2.29. The van der Waals surface area contributed by atoms with Crippen molar-refractivity contribution >= 4 is 23.2 Å². The molecule has 2 N–H and O–H groups in total. The molecule has 0 aliphatic carbocycles. The first-order chi connectivity index (χ1) is 11.5. The molecule has 0 heterocycles. The summed E-state index contributed by atoms with van der Waals surface area (Å²) in [6.45, 7) is -0.408. The molecule has 2 rings (SSSR count). The molecule has 2 unspecified atom stereocenters. The molecule has 5 nitrogen and oxygen atoms in total. The Morgan fingerprint density at radius 1 is 0.958 bits per heavy atom. The summed E-state index contributed by atoms with van der Waals surface area (Å²) in [4.78, 5) is 0. The minimum atomic E-state index is -1.10. The molecular formula is C17H18Cl2O5. The number of benzene rings is 2. The van der Waals surface area contributed by atoms with E-state index in [0.29, 0.717) is 32.9 Å². The fraction of sp³-hybridized carbons (Fsp3) is 0.294. The normalized spacial score (nSPS) is 13.2. The van der Waals surface area contributed by atoms with Crippen molar-refractivity contribution in [1.29, 1.82) is 0 Å². The smallest absolute Gasteiger partial charge is 0.161 e. The average molecular weight is 373 g/mol. The van der Waals surface area contributed by atoms with Crippen LogP contribution in [0.2, 0.25) is 10.0 Å². The van der Waals surface area contributed by atoms with Crippen molar-refractivity contribution < 1.29 is 24.4 Å². The van der Waals surface area contributed by atoms with Crippen molar-refractivity contribution in [3.05, 3.63) is 52.0 Å². The van der Waals surface area contributed by atoms with Crippen LogP contribution in [0.5, 0.6) is 17.2 Å². The van der Waals surface area contributed by atoms with Crippen LogP contribution in [0.25, 0.3) is 0 Å². The topological polar surface area (TPSA) is 68.2 Å². The number of methoxy groups -OCH3 is 2. The van der Waals surface area contributed by atoms with Gasteiger partial charge in [0.15, 0.2) is 17.6 Å². The van der Waals surface area contributed by atoms with Crippen LogP contribution in [-0.2, 0) is 0 Å². The van der Waals surface area contributed by atoms with Gasteiger partial charge in [-0.15, -0.1) is 0 Å². The van der Waals surface area contributed by atoms with Gasteiger partial charge in [0.25, 0.3) is 0 Å². The second-order valence-corrected chi connectivity index (χ2v) is 5.82. The summed E-state index contributed by atoms with van der Waals surface area (Å²) in [5, 5.41) is 20.9. The molecule has 0 fully saturated rings. The van der Waals surface area contributed by atoms with E-state index in [-0.39, 0.29) is 0 Å². The van der Waals surface area contributed by atoms with Crippen molar-refractivity contribution in [2.75, 3.05) is 20.8 Å². The van der Waals surface area contributed by atoms with E-state index in [9.17, 15) is 10.2 Å². The number of rotatable bonds is 7. The summed E-state index contributed by atoms with van der Waals surface area (Å²) >= 11 is 11.9. The Hall–Kier alpha value is -1.66. The molecule has 0 bridgehead atoms. The molecule has 2 aromatic carbocycles. The van der Waals surface area contributed by atoms with Crippen LogP contribution in [0, 0.1) is 0 Å². The second kappa shape index (κ2) is 8.44. The third-order valence-electron chi connectivity index (χ3n) is 3.45. The summed E-state index contributed by atoms with van der Waals surface area (Å²) < 4.78 is 16.0. The average Bonchev–Trinajstić information content (AvgIpc) is 2.60. The molecule has 0 radical (unpaired) electrons. The number of aliphatic hydroxyl groups excluding tert-OH is 2. The van der Waals surface area contributed by atoms with Crippen LogP contribution in [0.1, 0.15) is 11.7 Å². The largest absolute Gasteiger partial charge is 0.493 e. The maximum absolute atomic E-state index is 10.5. The van der Waals surface area contributed by atoms with Gasteiger partial charge in [-0.2, -0.15) is 0 Å². The molecular weight excluding hydrogens is 355 g/mol. The minimum absolute atomic E-state index is 0.292. The fourth-order valence-electron chi connectivity index (χ4n) is 2.19. The molecule has 130 valence electrons. The van der Waals surface area contributed by atoms with E-state index in [1.165, 1.54) is 20.3 Å². The Kier molecular flexibility index (Phi) is 6.57. The summed E-state index contributed by atoms with van der Waals surface area (Å²) in [6.07, 6.45) is -2.01. The van der Waals surface area contributed by atoms with Gasteiger partial charge in [-0.1, -0.05) is 29.3 Å². The molecule has 0 saturated carbocycles.